The zero-order chi connectivity index (χ0) is 18.9. The lowest BCUT2D eigenvalue weighted by molar-refractivity contribution is -0.0290. The molecular weight excluding hydrogens is 336 g/mol. The molecule has 0 amide bonds. The number of nitrogens with zero attached hydrogens (tertiary/aromatic N) is 1. The minimum Gasteiger partial charge on any atom is -0.497 e. The lowest BCUT2D eigenvalue weighted by Gasteiger charge is -2.42. The Hall–Kier alpha value is -2.35. The minimum absolute atomic E-state index is 0.119. The zero-order valence-electron chi connectivity index (χ0n) is 16.0. The van der Waals surface area contributed by atoms with Gasteiger partial charge in [-0.2, -0.15) is 5.26 Å². The Kier molecular flexibility index (Phi) is 4.90. The number of nitriles is 1. The molecule has 1 aliphatic carbocycles. The molecule has 4 nitrogen and oxygen atoms in total. The molecule has 1 aliphatic heterocycles. The third kappa shape index (κ3) is 3.34. The molecule has 27 heavy (non-hydrogen) atoms. The van der Waals surface area contributed by atoms with E-state index in [-0.39, 0.29) is 11.5 Å². The van der Waals surface area contributed by atoms with Gasteiger partial charge in [-0.25, -0.2) is 0 Å². The van der Waals surface area contributed by atoms with Crippen molar-refractivity contribution in [2.45, 2.75) is 37.8 Å². The summed E-state index contributed by atoms with van der Waals surface area (Å²) < 4.78 is 11.5. The Morgan fingerprint density at radius 3 is 2.70 bits per heavy atom. The van der Waals surface area contributed by atoms with Gasteiger partial charge >= 0.3 is 0 Å². The number of fused-ring (bicyclic) bond motifs is 1. The summed E-state index contributed by atoms with van der Waals surface area (Å²) in [5.74, 6) is 0.899. The van der Waals surface area contributed by atoms with E-state index in [2.05, 4.69) is 41.7 Å². The summed E-state index contributed by atoms with van der Waals surface area (Å²) in [5.41, 5.74) is 4.81. The minimum atomic E-state index is 0.119. The van der Waals surface area contributed by atoms with E-state index in [1.54, 1.807) is 7.11 Å². The highest BCUT2D eigenvalue weighted by atomic mass is 16.5. The summed E-state index contributed by atoms with van der Waals surface area (Å²) in [4.78, 5) is 0. The number of ether oxygens (including phenoxy) is 2. The molecule has 3 unspecified atom stereocenters. The lowest BCUT2D eigenvalue weighted by Crippen LogP contribution is -2.47. The molecule has 1 saturated heterocycles. The SMILES string of the molecule is COc1ccc2c(c1)C(OC)C1(CCNC(Cc3ccc(C#N)cc3)C1)C2. The average molecular weight is 362 g/mol. The Bertz CT molecular complexity index is 856. The monoisotopic (exact) mass is 362 g/mol. The molecule has 2 aliphatic rings. The molecule has 0 aromatic heterocycles. The Morgan fingerprint density at radius 2 is 2.00 bits per heavy atom. The van der Waals surface area contributed by atoms with Gasteiger partial charge in [0.05, 0.1) is 24.8 Å². The van der Waals surface area contributed by atoms with Gasteiger partial charge in [0.2, 0.25) is 0 Å². The molecule has 1 fully saturated rings. The lowest BCUT2D eigenvalue weighted by atomic mass is 9.71. The fraction of sp³-hybridized carbons (Fsp3) is 0.435. The highest BCUT2D eigenvalue weighted by Crippen LogP contribution is 2.54. The van der Waals surface area contributed by atoms with E-state index in [1.807, 2.05) is 19.2 Å². The topological polar surface area (TPSA) is 54.3 Å². The van der Waals surface area contributed by atoms with Crippen LogP contribution in [0.4, 0.5) is 0 Å². The first-order chi connectivity index (χ1) is 13.2. The van der Waals surface area contributed by atoms with E-state index in [0.29, 0.717) is 11.6 Å². The van der Waals surface area contributed by atoms with Crippen molar-refractivity contribution in [3.05, 3.63) is 64.7 Å². The van der Waals surface area contributed by atoms with Crippen LogP contribution < -0.4 is 10.1 Å². The van der Waals surface area contributed by atoms with Crippen molar-refractivity contribution in [3.8, 4) is 11.8 Å². The molecule has 2 aromatic carbocycles. The summed E-state index contributed by atoms with van der Waals surface area (Å²) in [6.45, 7) is 1.01. The third-order valence-electron chi connectivity index (χ3n) is 6.24. The fourth-order valence-electron chi connectivity index (χ4n) is 5.02. The van der Waals surface area contributed by atoms with E-state index in [1.165, 1.54) is 16.7 Å². The van der Waals surface area contributed by atoms with Gasteiger partial charge in [0.25, 0.3) is 0 Å². The second-order valence-electron chi connectivity index (χ2n) is 7.84. The molecule has 0 saturated carbocycles. The molecule has 3 atom stereocenters. The molecule has 4 heteroatoms. The summed E-state index contributed by atoms with van der Waals surface area (Å²) in [5, 5.41) is 12.7. The Balaban J connectivity index is 1.55. The van der Waals surface area contributed by atoms with Crippen molar-refractivity contribution < 1.29 is 9.47 Å². The third-order valence-corrected chi connectivity index (χ3v) is 6.24. The maximum atomic E-state index is 8.98. The first kappa shape index (κ1) is 18.0. The highest BCUT2D eigenvalue weighted by molar-refractivity contribution is 5.43. The molecule has 0 radical (unpaired) electrons. The predicted octanol–water partition coefficient (Wildman–Crippen LogP) is 3.79. The highest BCUT2D eigenvalue weighted by Gasteiger charge is 2.49. The van der Waals surface area contributed by atoms with Gasteiger partial charge in [0.1, 0.15) is 5.75 Å². The quantitative estimate of drug-likeness (QED) is 0.899. The standard InChI is InChI=1S/C23H26N2O2/c1-26-20-8-7-18-13-23(22(27-2)21(18)12-20)9-10-25-19(14-23)11-16-3-5-17(15-24)6-4-16/h3-8,12,19,22,25H,9-11,13-14H2,1-2H3. The number of nitrogens with one attached hydrogen (secondary N) is 1. The smallest absolute Gasteiger partial charge is 0.119 e. The molecule has 1 heterocycles. The van der Waals surface area contributed by atoms with Crippen LogP contribution in [0.15, 0.2) is 42.5 Å². The average Bonchev–Trinajstić information content (AvgIpc) is 2.99. The fourth-order valence-corrected chi connectivity index (χ4v) is 5.02. The van der Waals surface area contributed by atoms with E-state index in [4.69, 9.17) is 14.7 Å². The molecule has 0 bridgehead atoms. The van der Waals surface area contributed by atoms with Gasteiger partial charge in [-0.15, -0.1) is 0 Å². The first-order valence-electron chi connectivity index (χ1n) is 9.59. The second-order valence-corrected chi connectivity index (χ2v) is 7.84. The summed E-state index contributed by atoms with van der Waals surface area (Å²) in [6.07, 6.45) is 4.36. The second kappa shape index (κ2) is 7.34. The number of methoxy groups -OCH3 is 2. The summed E-state index contributed by atoms with van der Waals surface area (Å²) in [6, 6.07) is 17.0. The van der Waals surface area contributed by atoms with Crippen LogP contribution in [0.3, 0.4) is 0 Å². The number of hydrogen-bond acceptors (Lipinski definition) is 4. The number of rotatable bonds is 4. The van der Waals surface area contributed by atoms with Crippen molar-refractivity contribution in [1.29, 1.82) is 5.26 Å². The maximum Gasteiger partial charge on any atom is 0.119 e. The maximum absolute atomic E-state index is 8.98. The van der Waals surface area contributed by atoms with Crippen LogP contribution in [-0.4, -0.2) is 26.8 Å². The molecular formula is C23H26N2O2. The van der Waals surface area contributed by atoms with E-state index in [9.17, 15) is 0 Å². The van der Waals surface area contributed by atoms with Gasteiger partial charge in [-0.3, -0.25) is 0 Å². The van der Waals surface area contributed by atoms with Gasteiger partial charge in [0, 0.05) is 18.6 Å². The van der Waals surface area contributed by atoms with Crippen LogP contribution in [0, 0.1) is 16.7 Å². The van der Waals surface area contributed by atoms with Gasteiger partial charge in [-0.05, 0) is 73.2 Å². The van der Waals surface area contributed by atoms with Crippen LogP contribution in [0.5, 0.6) is 5.75 Å². The first-order valence-corrected chi connectivity index (χ1v) is 9.59. The largest absolute Gasteiger partial charge is 0.497 e. The van der Waals surface area contributed by atoms with Crippen molar-refractivity contribution in [2.75, 3.05) is 20.8 Å². The van der Waals surface area contributed by atoms with Crippen LogP contribution >= 0.6 is 0 Å². The summed E-state index contributed by atoms with van der Waals surface area (Å²) in [7, 11) is 3.55. The van der Waals surface area contributed by atoms with Crippen LogP contribution in [0.2, 0.25) is 0 Å². The Labute approximate surface area is 161 Å². The normalized spacial score (nSPS) is 26.6. The molecule has 1 N–H and O–H groups in total. The zero-order valence-corrected chi connectivity index (χ0v) is 16.0. The van der Waals surface area contributed by atoms with Crippen LogP contribution in [-0.2, 0) is 17.6 Å². The van der Waals surface area contributed by atoms with Crippen molar-refractivity contribution in [2.24, 2.45) is 5.41 Å². The molecule has 1 spiro atoms. The van der Waals surface area contributed by atoms with Crippen molar-refractivity contribution in [1.82, 2.24) is 5.32 Å². The summed E-state index contributed by atoms with van der Waals surface area (Å²) >= 11 is 0. The van der Waals surface area contributed by atoms with Gasteiger partial charge in [0.15, 0.2) is 0 Å². The molecule has 2 aromatic rings. The number of piperidine rings is 1. The Morgan fingerprint density at radius 1 is 1.19 bits per heavy atom. The number of benzene rings is 2. The van der Waals surface area contributed by atoms with E-state index in [0.717, 1.165) is 38.0 Å². The van der Waals surface area contributed by atoms with Crippen LogP contribution in [0.25, 0.3) is 0 Å². The van der Waals surface area contributed by atoms with E-state index >= 15 is 0 Å². The predicted molar refractivity (Wildman–Crippen MR) is 105 cm³/mol. The van der Waals surface area contributed by atoms with Crippen molar-refractivity contribution >= 4 is 0 Å². The van der Waals surface area contributed by atoms with Crippen molar-refractivity contribution in [3.63, 3.8) is 0 Å². The van der Waals surface area contributed by atoms with E-state index < -0.39 is 0 Å². The molecule has 140 valence electrons. The van der Waals surface area contributed by atoms with Gasteiger partial charge < -0.3 is 14.8 Å². The van der Waals surface area contributed by atoms with Crippen LogP contribution in [0.1, 0.15) is 41.2 Å². The number of hydrogen-bond donors (Lipinski definition) is 1. The van der Waals surface area contributed by atoms with Gasteiger partial charge in [-0.1, -0.05) is 18.2 Å². The molecule has 4 rings (SSSR count).